The minimum atomic E-state index is -0.250. The van der Waals surface area contributed by atoms with Crippen molar-refractivity contribution in [2.24, 2.45) is 4.99 Å². The van der Waals surface area contributed by atoms with Gasteiger partial charge in [-0.05, 0) is 68.9 Å². The van der Waals surface area contributed by atoms with Crippen molar-refractivity contribution in [1.82, 2.24) is 5.32 Å². The van der Waals surface area contributed by atoms with Crippen molar-refractivity contribution >= 4 is 17.6 Å². The molecule has 2 fully saturated rings. The summed E-state index contributed by atoms with van der Waals surface area (Å²) in [6, 6.07) is 12.1. The van der Waals surface area contributed by atoms with Crippen LogP contribution in [0.25, 0.3) is 0 Å². The zero-order chi connectivity index (χ0) is 24.5. The van der Waals surface area contributed by atoms with E-state index in [4.69, 9.17) is 19.2 Å². The summed E-state index contributed by atoms with van der Waals surface area (Å²) in [5.74, 6) is 1.15. The standard InChI is InChI=1S/C28H32N2O5/c1-4-34-26-14-21-22-13-20(35-16(2)31)10-11-24(22)30-27(23(21)15-25(26)33-3)17-6-5-7-18(12-17)28(32)29-19-8-9-19/h5-7,12,14-15,19-20,22,24H,4,8-11,13H2,1-3H3,(H,29,32)/t20-,22-,24-/m1/s1. The number of aliphatic imine (C=N–C) groups is 1. The first-order valence-corrected chi connectivity index (χ1v) is 12.5. The molecule has 1 aliphatic heterocycles. The molecule has 5 rings (SSSR count). The van der Waals surface area contributed by atoms with E-state index in [1.54, 1.807) is 7.11 Å². The van der Waals surface area contributed by atoms with Gasteiger partial charge in [-0.1, -0.05) is 12.1 Å². The van der Waals surface area contributed by atoms with Gasteiger partial charge in [-0.15, -0.1) is 0 Å². The van der Waals surface area contributed by atoms with E-state index in [-0.39, 0.29) is 29.9 Å². The Morgan fingerprint density at radius 1 is 1.09 bits per heavy atom. The number of fused-ring (bicyclic) bond motifs is 3. The third-order valence-corrected chi connectivity index (χ3v) is 6.99. The van der Waals surface area contributed by atoms with Gasteiger partial charge in [0, 0.05) is 35.6 Å². The number of amides is 1. The second-order valence-corrected chi connectivity index (χ2v) is 9.55. The Hall–Kier alpha value is -3.35. The predicted molar refractivity (Wildman–Crippen MR) is 133 cm³/mol. The Bertz CT molecular complexity index is 1170. The summed E-state index contributed by atoms with van der Waals surface area (Å²) in [7, 11) is 1.63. The largest absolute Gasteiger partial charge is 0.493 e. The molecule has 0 unspecified atom stereocenters. The highest BCUT2D eigenvalue weighted by Crippen LogP contribution is 2.45. The number of hydrogen-bond acceptors (Lipinski definition) is 6. The minimum Gasteiger partial charge on any atom is -0.493 e. The zero-order valence-electron chi connectivity index (χ0n) is 20.5. The maximum absolute atomic E-state index is 12.7. The van der Waals surface area contributed by atoms with Crippen molar-refractivity contribution in [1.29, 1.82) is 0 Å². The van der Waals surface area contributed by atoms with Gasteiger partial charge >= 0.3 is 5.97 Å². The number of esters is 1. The summed E-state index contributed by atoms with van der Waals surface area (Å²) in [6.45, 7) is 3.93. The van der Waals surface area contributed by atoms with Crippen LogP contribution >= 0.6 is 0 Å². The molecule has 1 amide bonds. The average molecular weight is 477 g/mol. The molecule has 35 heavy (non-hydrogen) atoms. The van der Waals surface area contributed by atoms with Crippen molar-refractivity contribution in [3.8, 4) is 11.5 Å². The van der Waals surface area contributed by atoms with Crippen molar-refractivity contribution in [3.63, 3.8) is 0 Å². The van der Waals surface area contributed by atoms with E-state index < -0.39 is 0 Å². The monoisotopic (exact) mass is 476 g/mol. The lowest BCUT2D eigenvalue weighted by atomic mass is 9.74. The fourth-order valence-corrected chi connectivity index (χ4v) is 5.23. The number of ether oxygens (including phenoxy) is 3. The third-order valence-electron chi connectivity index (χ3n) is 6.99. The summed E-state index contributed by atoms with van der Waals surface area (Å²) < 4.78 is 17.1. The quantitative estimate of drug-likeness (QED) is 0.599. The van der Waals surface area contributed by atoms with Crippen LogP contribution in [-0.2, 0) is 9.53 Å². The van der Waals surface area contributed by atoms with Crippen molar-refractivity contribution < 1.29 is 23.8 Å². The van der Waals surface area contributed by atoms with Gasteiger partial charge in [0.2, 0.25) is 0 Å². The summed E-state index contributed by atoms with van der Waals surface area (Å²) in [6.07, 6.45) is 4.30. The van der Waals surface area contributed by atoms with Crippen molar-refractivity contribution in [2.45, 2.75) is 70.1 Å². The number of hydrogen-bond donors (Lipinski definition) is 1. The minimum absolute atomic E-state index is 0.0463. The fourth-order valence-electron chi connectivity index (χ4n) is 5.23. The van der Waals surface area contributed by atoms with E-state index in [1.165, 1.54) is 6.92 Å². The fraction of sp³-hybridized carbons (Fsp3) is 0.464. The molecule has 7 heteroatoms. The topological polar surface area (TPSA) is 86.2 Å². The van der Waals surface area contributed by atoms with E-state index in [9.17, 15) is 9.59 Å². The van der Waals surface area contributed by atoms with Crippen LogP contribution in [0.2, 0.25) is 0 Å². The molecular formula is C28H32N2O5. The van der Waals surface area contributed by atoms with Crippen LogP contribution in [0.15, 0.2) is 41.4 Å². The Morgan fingerprint density at radius 3 is 2.63 bits per heavy atom. The number of carbonyl (C=O) groups is 2. The van der Waals surface area contributed by atoms with Gasteiger partial charge in [-0.2, -0.15) is 0 Å². The molecule has 0 bridgehead atoms. The molecule has 2 aromatic carbocycles. The molecule has 2 aliphatic carbocycles. The van der Waals surface area contributed by atoms with Crippen LogP contribution in [0.3, 0.4) is 0 Å². The molecule has 0 radical (unpaired) electrons. The molecule has 0 saturated heterocycles. The van der Waals surface area contributed by atoms with Crippen LogP contribution in [0.4, 0.5) is 0 Å². The van der Waals surface area contributed by atoms with Gasteiger partial charge in [0.05, 0.1) is 25.5 Å². The van der Waals surface area contributed by atoms with E-state index in [1.807, 2.05) is 37.3 Å². The summed E-state index contributed by atoms with van der Waals surface area (Å²) in [4.78, 5) is 29.5. The molecule has 2 aromatic rings. The summed E-state index contributed by atoms with van der Waals surface area (Å²) in [5.41, 5.74) is 4.48. The van der Waals surface area contributed by atoms with E-state index in [0.717, 1.165) is 54.5 Å². The third kappa shape index (κ3) is 4.90. The maximum Gasteiger partial charge on any atom is 0.302 e. The average Bonchev–Trinajstić information content (AvgIpc) is 3.67. The maximum atomic E-state index is 12.7. The molecule has 2 saturated carbocycles. The van der Waals surface area contributed by atoms with Crippen molar-refractivity contribution in [3.05, 3.63) is 58.7 Å². The lowest BCUT2D eigenvalue weighted by Crippen LogP contribution is -2.36. The number of rotatable bonds is 7. The van der Waals surface area contributed by atoms with Gasteiger partial charge in [0.15, 0.2) is 11.5 Å². The van der Waals surface area contributed by atoms with Crippen LogP contribution in [0, 0.1) is 0 Å². The SMILES string of the molecule is CCOc1cc2c(cc1OC)C(c1cccc(C(=O)NC3CC3)c1)=N[C@@H]1CC[C@@H](OC(C)=O)C[C@H]21. The van der Waals surface area contributed by atoms with Gasteiger partial charge in [0.25, 0.3) is 5.91 Å². The predicted octanol–water partition coefficient (Wildman–Crippen LogP) is 4.40. The molecule has 0 spiro atoms. The lowest BCUT2D eigenvalue weighted by molar-refractivity contribution is -0.148. The molecule has 184 valence electrons. The van der Waals surface area contributed by atoms with Gasteiger partial charge < -0.3 is 19.5 Å². The van der Waals surface area contributed by atoms with E-state index in [2.05, 4.69) is 11.4 Å². The Labute approximate surface area is 205 Å². The van der Waals surface area contributed by atoms with Crippen molar-refractivity contribution in [2.75, 3.05) is 13.7 Å². The Kier molecular flexibility index (Phi) is 6.50. The zero-order valence-corrected chi connectivity index (χ0v) is 20.5. The smallest absolute Gasteiger partial charge is 0.302 e. The molecule has 0 aromatic heterocycles. The number of nitrogens with one attached hydrogen (secondary N) is 1. The molecule has 1 heterocycles. The lowest BCUT2D eigenvalue weighted by Gasteiger charge is -2.38. The first-order valence-electron chi connectivity index (χ1n) is 12.5. The molecule has 3 aliphatic rings. The van der Waals surface area contributed by atoms with Crippen LogP contribution in [0.1, 0.15) is 78.9 Å². The van der Waals surface area contributed by atoms with Crippen LogP contribution < -0.4 is 14.8 Å². The highest BCUT2D eigenvalue weighted by molar-refractivity contribution is 6.15. The first kappa shape index (κ1) is 23.4. The molecule has 3 atom stereocenters. The second kappa shape index (κ2) is 9.72. The molecular weight excluding hydrogens is 444 g/mol. The van der Waals surface area contributed by atoms with Gasteiger partial charge in [0.1, 0.15) is 6.10 Å². The van der Waals surface area contributed by atoms with Crippen LogP contribution in [0.5, 0.6) is 11.5 Å². The Balaban J connectivity index is 1.56. The highest BCUT2D eigenvalue weighted by atomic mass is 16.5. The van der Waals surface area contributed by atoms with Crippen LogP contribution in [-0.4, -0.2) is 49.5 Å². The number of methoxy groups -OCH3 is 1. The number of carbonyl (C=O) groups excluding carboxylic acids is 2. The summed E-state index contributed by atoms with van der Waals surface area (Å²) >= 11 is 0. The normalized spacial score (nSPS) is 22.8. The van der Waals surface area contributed by atoms with Gasteiger partial charge in [-0.3, -0.25) is 14.6 Å². The van der Waals surface area contributed by atoms with Gasteiger partial charge in [-0.25, -0.2) is 0 Å². The first-order chi connectivity index (χ1) is 17.0. The second-order valence-electron chi connectivity index (χ2n) is 9.55. The van der Waals surface area contributed by atoms with E-state index in [0.29, 0.717) is 29.7 Å². The van der Waals surface area contributed by atoms with E-state index >= 15 is 0 Å². The number of nitrogens with zero attached hydrogens (tertiary/aromatic N) is 1. The molecule has 1 N–H and O–H groups in total. The molecule has 7 nitrogen and oxygen atoms in total. The number of benzene rings is 2. The summed E-state index contributed by atoms with van der Waals surface area (Å²) in [5, 5.41) is 3.07. The highest BCUT2D eigenvalue weighted by Gasteiger charge is 2.39. The Morgan fingerprint density at radius 2 is 1.91 bits per heavy atom.